The molecule has 0 aliphatic rings. The molecule has 0 bridgehead atoms. The largest absolute Gasteiger partial charge is 0.460 e. The van der Waals surface area contributed by atoms with E-state index in [1.807, 2.05) is 67.3 Å². The number of nitrogens with two attached hydrogens (primary N) is 1. The van der Waals surface area contributed by atoms with Crippen molar-refractivity contribution in [3.05, 3.63) is 180 Å². The molecule has 0 heterocycles. The zero-order valence-corrected chi connectivity index (χ0v) is 84.3. The molecule has 4 rings (SSSR count). The van der Waals surface area contributed by atoms with Crippen LogP contribution in [0.3, 0.4) is 0 Å². The van der Waals surface area contributed by atoms with Crippen LogP contribution in [-0.2, 0) is 120 Å². The molecule has 3 amide bonds. The van der Waals surface area contributed by atoms with Crippen LogP contribution in [0.5, 0.6) is 0 Å². The van der Waals surface area contributed by atoms with E-state index >= 15 is 0 Å². The first kappa shape index (κ1) is 133. The van der Waals surface area contributed by atoms with Gasteiger partial charge in [-0.2, -0.15) is 8.42 Å². The fourth-order valence-electron chi connectivity index (χ4n) is 9.43. The van der Waals surface area contributed by atoms with E-state index in [0.717, 1.165) is 41.4 Å². The SMILES string of the molecule is C.C.C.CC(C)(C)OC(=O)C[C@@H](/C=C/C=C/S(C)(=O)=O)NC(=O)OC(C)(C)C.CC(C)(C)OC(=O)C[C@@H](/C=C/C=O)NC(=O)OC(C)(C)C.CC(C)(C)OC(=O)C[C@@H](C=O)NC(=O)OC(C)(C)C.CC(C)(C)OC(=O)C[C@H](N)/C=C/C=C/S(C)(=O)=O.CCOP(=O)(CS(C)(=O)=O)OCC.Cc1ccc(S(=O)(=O)O)cc1.O=CC=P(c1ccccc1)(c1ccccc1)c1ccccc1. The molecule has 4 aromatic rings. The Hall–Kier alpha value is -9.55. The van der Waals surface area contributed by atoms with E-state index in [9.17, 15) is 86.2 Å². The first-order valence-corrected chi connectivity index (χ1v) is 51.4. The molecule has 6 N–H and O–H groups in total. The highest BCUT2D eigenvalue weighted by atomic mass is 32.2. The minimum atomic E-state index is -4.02. The maximum absolute atomic E-state index is 12.0. The van der Waals surface area contributed by atoms with Crippen molar-refractivity contribution in [1.82, 2.24) is 16.0 Å². The van der Waals surface area contributed by atoms with E-state index < -0.39 is 159 Å². The van der Waals surface area contributed by atoms with E-state index in [1.54, 1.807) is 177 Å². The Morgan fingerprint density at radius 3 is 0.939 bits per heavy atom. The molecule has 0 unspecified atom stereocenters. The van der Waals surface area contributed by atoms with Gasteiger partial charge in [-0.15, -0.1) is 0 Å². The fraction of sp³-hybridized carbons (Fsp3) is 0.516. The molecule has 33 nitrogen and oxygen atoms in total. The van der Waals surface area contributed by atoms with Crippen LogP contribution < -0.4 is 37.6 Å². The van der Waals surface area contributed by atoms with Crippen molar-refractivity contribution in [3.63, 3.8) is 0 Å². The van der Waals surface area contributed by atoms with Crippen molar-refractivity contribution in [3.8, 4) is 0 Å². The van der Waals surface area contributed by atoms with E-state index in [4.69, 9.17) is 52.5 Å². The number of esters is 4. The molecule has 4 aromatic carbocycles. The summed E-state index contributed by atoms with van der Waals surface area (Å²) in [7, 11) is -17.2. The van der Waals surface area contributed by atoms with Crippen LogP contribution in [0.2, 0.25) is 0 Å². The molecule has 0 saturated carbocycles. The van der Waals surface area contributed by atoms with Gasteiger partial charge in [-0.25, -0.2) is 39.6 Å². The summed E-state index contributed by atoms with van der Waals surface area (Å²) < 4.78 is 152. The molecule has 4 atom stereocenters. The second kappa shape index (κ2) is 62.1. The lowest BCUT2D eigenvalue weighted by molar-refractivity contribution is -0.156. The van der Waals surface area contributed by atoms with Gasteiger partial charge in [0.05, 0.1) is 61.9 Å². The Morgan fingerprint density at radius 2 is 0.682 bits per heavy atom. The van der Waals surface area contributed by atoms with Gasteiger partial charge in [-0.1, -0.05) is 174 Å². The maximum Gasteiger partial charge on any atom is 0.408 e. The Labute approximate surface area is 786 Å². The summed E-state index contributed by atoms with van der Waals surface area (Å²) in [6.45, 7) is 39.9. The summed E-state index contributed by atoms with van der Waals surface area (Å²) in [6.07, 6.45) is 14.0. The van der Waals surface area contributed by atoms with Crippen LogP contribution in [0, 0.1) is 6.92 Å². The van der Waals surface area contributed by atoms with Gasteiger partial charge in [-0.3, -0.25) is 37.9 Å². The number of amides is 3. The number of carbonyl (C=O) groups excluding carboxylic acids is 10. The van der Waals surface area contributed by atoms with Crippen LogP contribution in [0.15, 0.2) is 180 Å². The smallest absolute Gasteiger partial charge is 0.408 e. The number of benzene rings is 4. The van der Waals surface area contributed by atoms with E-state index in [-0.39, 0.29) is 72.0 Å². The summed E-state index contributed by atoms with van der Waals surface area (Å²) in [5, 5.41) is 13.0. The third-order valence-corrected chi connectivity index (χ3v) is 24.2. The molecule has 0 fully saturated rings. The lowest BCUT2D eigenvalue weighted by Gasteiger charge is -2.27. The molecular formula is C93H150N4O29P2S4. The molecule has 0 aliphatic carbocycles. The Kier molecular flexibility index (Phi) is 62.7. The number of allylic oxidation sites excluding steroid dienone is 5. The number of aryl methyl sites for hydroxylation is 1. The molecule has 132 heavy (non-hydrogen) atoms. The Bertz CT molecular complexity index is 4710. The summed E-state index contributed by atoms with van der Waals surface area (Å²) in [5.41, 5.74) is 1.67. The quantitative estimate of drug-likeness (QED) is 0.00594. The monoisotopic (exact) mass is 1980 g/mol. The molecule has 0 saturated heterocycles. The van der Waals surface area contributed by atoms with Gasteiger partial charge in [0.25, 0.3) is 10.1 Å². The molecule has 750 valence electrons. The van der Waals surface area contributed by atoms with Gasteiger partial charge >= 0.3 is 49.8 Å². The van der Waals surface area contributed by atoms with Gasteiger partial charge in [0.1, 0.15) is 58.1 Å². The number of hydrogen-bond acceptors (Lipinski definition) is 29. The van der Waals surface area contributed by atoms with Crippen molar-refractivity contribution >= 4 is 137 Å². The fourth-order valence-corrected chi connectivity index (χ4v) is 17.9. The number of rotatable bonds is 31. The first-order chi connectivity index (χ1) is 58.6. The Morgan fingerprint density at radius 1 is 0.402 bits per heavy atom. The third-order valence-electron chi connectivity index (χ3n) is 13.6. The predicted molar refractivity (Wildman–Crippen MR) is 526 cm³/mol. The lowest BCUT2D eigenvalue weighted by atomic mass is 10.1. The number of alkyl carbamates (subject to hydrolysis) is 3. The minimum absolute atomic E-state index is 0. The molecule has 0 radical (unpaired) electrons. The molecule has 0 aliphatic heterocycles. The molecule has 0 spiro atoms. The molecule has 39 heteroatoms. The van der Waals surface area contributed by atoms with Crippen LogP contribution in [0.1, 0.15) is 213 Å². The highest BCUT2D eigenvalue weighted by Crippen LogP contribution is 2.49. The number of carbonyl (C=O) groups is 10. The Balaban J connectivity index is -0.000000354. The third kappa shape index (κ3) is 74.9. The van der Waals surface area contributed by atoms with Gasteiger partial charge < -0.3 is 68.7 Å². The zero-order chi connectivity index (χ0) is 101. The first-order valence-electron chi connectivity index (χ1n) is 40.4. The van der Waals surface area contributed by atoms with Crippen LogP contribution >= 0.6 is 14.5 Å². The zero-order valence-electron chi connectivity index (χ0n) is 79.3. The van der Waals surface area contributed by atoms with E-state index in [2.05, 4.69) is 52.3 Å². The van der Waals surface area contributed by atoms with Crippen molar-refractivity contribution < 1.29 is 133 Å². The summed E-state index contributed by atoms with van der Waals surface area (Å²) >= 11 is 0. The number of sulfone groups is 3. The van der Waals surface area contributed by atoms with Crippen LogP contribution in [-0.4, -0.2) is 206 Å². The number of ether oxygens (including phenoxy) is 7. The van der Waals surface area contributed by atoms with Crippen LogP contribution in [0.4, 0.5) is 14.4 Å². The second-order valence-electron chi connectivity index (χ2n) is 35.1. The maximum atomic E-state index is 12.0. The van der Waals surface area contributed by atoms with Crippen molar-refractivity contribution in [2.24, 2.45) is 5.73 Å². The predicted octanol–water partition coefficient (Wildman–Crippen LogP) is 15.4. The van der Waals surface area contributed by atoms with Gasteiger partial charge in [0.15, 0.2) is 35.0 Å². The summed E-state index contributed by atoms with van der Waals surface area (Å²) in [4.78, 5) is 114. The molecule has 0 aromatic heterocycles. The summed E-state index contributed by atoms with van der Waals surface area (Å²) in [6, 6.07) is 34.1. The van der Waals surface area contributed by atoms with Gasteiger partial charge in [0, 0.05) is 35.6 Å². The van der Waals surface area contributed by atoms with E-state index in [0.29, 0.717) is 12.6 Å². The molecular weight excluding hydrogens is 1830 g/mol. The number of hydrogen-bond donors (Lipinski definition) is 5. The van der Waals surface area contributed by atoms with Crippen molar-refractivity contribution in [1.29, 1.82) is 0 Å². The van der Waals surface area contributed by atoms with Crippen molar-refractivity contribution in [2.75, 3.05) is 37.5 Å². The van der Waals surface area contributed by atoms with Crippen molar-refractivity contribution in [2.45, 2.75) is 282 Å². The number of nitrogens with one attached hydrogen (secondary N) is 3. The highest BCUT2D eigenvalue weighted by molar-refractivity contribution is 7.97. The topological polar surface area (TPSA) is 490 Å². The number of aldehydes is 3. The van der Waals surface area contributed by atoms with Crippen LogP contribution in [0.25, 0.3) is 0 Å². The lowest BCUT2D eigenvalue weighted by Crippen LogP contribution is -2.41. The van der Waals surface area contributed by atoms with Gasteiger partial charge in [-0.05, 0) is 213 Å². The normalized spacial score (nSPS) is 13.0. The second-order valence-corrected chi connectivity index (χ2v) is 48.3. The minimum Gasteiger partial charge on any atom is -0.460 e. The van der Waals surface area contributed by atoms with E-state index in [1.165, 1.54) is 70.6 Å². The van der Waals surface area contributed by atoms with Gasteiger partial charge in [0.2, 0.25) is 0 Å². The average molecular weight is 1980 g/mol. The summed E-state index contributed by atoms with van der Waals surface area (Å²) in [5.74, 6) is -0.0516. The standard InChI is InChI=1S/C20H17OP.C17H29NO6S.C15H25NO5.C13H23NO5.C12H21NO4S.C7H8O3S.C6H15O5PS.3CH4/c21-16-17-22(18-10-4-1-5-11-18,19-12-6-2-7-13-19)20-14-8-3-9-15-20;1-16(2,3)23-14(19)12-13(10-8-9-11-25(7,21)22)18-15(20)24-17(4,5)6;1-14(2,3)20-12(18)10-11(8-7-9-17)16-13(19)21-15(4,5)6;1-12(2,3)18-10(16)7-9(8-15)14-11(17)19-13(4,5)6;1-12(2,3)17-11(14)9-10(13)7-5-6-8-18(4,15)16;1-6-2-4-7(5-3-6)11(8,9)10;1-4-10-12(7,11-5-2)6-13(3,8)9;;;/h1-17H;8-11,13H,12H2,1-7H3,(H,18,20);7-9,11H,10H2,1-6H3,(H,16,19);8-9H,7H2,1-6H3,(H,14,17);5-8,10H,9,13H2,1-4H3;2-5H,1H3,(H,8,9,10);4-6H2,1-3H3;3*1H4/b;10-8+,11-9+;8-7+;;7-5+,8-6+;;;;;/t;13-;11-;9-;10-;;;;;/m.1101...../s1. The highest BCUT2D eigenvalue weighted by Gasteiger charge is 2.31. The average Bonchev–Trinajstić information content (AvgIpc) is 0.757.